The molecule has 1 aliphatic heterocycles. The van der Waals surface area contributed by atoms with Crippen molar-refractivity contribution in [2.75, 3.05) is 20.2 Å². The Balaban J connectivity index is 1.79. The highest BCUT2D eigenvalue weighted by Crippen LogP contribution is 2.17. The fraction of sp³-hybridized carbons (Fsp3) is 0.533. The van der Waals surface area contributed by atoms with Crippen LogP contribution >= 0.6 is 0 Å². The fourth-order valence-corrected chi connectivity index (χ4v) is 2.48. The molecule has 1 amide bonds. The summed E-state index contributed by atoms with van der Waals surface area (Å²) in [6, 6.07) is 7.76. The molecule has 1 heterocycles. The zero-order valence-electron chi connectivity index (χ0n) is 11.4. The van der Waals surface area contributed by atoms with Crippen LogP contribution in [-0.4, -0.2) is 26.1 Å². The van der Waals surface area contributed by atoms with E-state index in [-0.39, 0.29) is 5.91 Å². The number of hydrogen-bond donors (Lipinski definition) is 2. The van der Waals surface area contributed by atoms with Gasteiger partial charge in [0.25, 0.3) is 0 Å². The minimum absolute atomic E-state index is 0.125. The number of rotatable bonds is 5. The average molecular weight is 262 g/mol. The van der Waals surface area contributed by atoms with Crippen molar-refractivity contribution >= 4 is 5.91 Å². The molecule has 1 aliphatic rings. The molecule has 0 saturated carbocycles. The Bertz CT molecular complexity index is 414. The van der Waals surface area contributed by atoms with Crippen LogP contribution in [-0.2, 0) is 11.3 Å². The minimum atomic E-state index is 0.125. The van der Waals surface area contributed by atoms with Crippen molar-refractivity contribution in [2.24, 2.45) is 5.92 Å². The van der Waals surface area contributed by atoms with Crippen molar-refractivity contribution in [2.45, 2.75) is 25.8 Å². The van der Waals surface area contributed by atoms with E-state index < -0.39 is 0 Å². The predicted molar refractivity (Wildman–Crippen MR) is 75.1 cm³/mol. The molecule has 1 aromatic rings. The van der Waals surface area contributed by atoms with Crippen molar-refractivity contribution in [3.8, 4) is 5.75 Å². The van der Waals surface area contributed by atoms with E-state index in [0.717, 1.165) is 30.8 Å². The third kappa shape index (κ3) is 4.24. The fourth-order valence-electron chi connectivity index (χ4n) is 2.48. The quantitative estimate of drug-likeness (QED) is 0.849. The van der Waals surface area contributed by atoms with Crippen LogP contribution in [0.3, 0.4) is 0 Å². The monoisotopic (exact) mass is 262 g/mol. The van der Waals surface area contributed by atoms with Gasteiger partial charge in [-0.15, -0.1) is 0 Å². The first-order valence-corrected chi connectivity index (χ1v) is 6.89. The van der Waals surface area contributed by atoms with E-state index in [2.05, 4.69) is 10.6 Å². The van der Waals surface area contributed by atoms with Crippen LogP contribution in [0.15, 0.2) is 24.3 Å². The Hall–Kier alpha value is -1.55. The molecule has 4 nitrogen and oxygen atoms in total. The lowest BCUT2D eigenvalue weighted by Gasteiger charge is -2.22. The first kappa shape index (κ1) is 13.9. The largest absolute Gasteiger partial charge is 0.496 e. The van der Waals surface area contributed by atoms with Crippen molar-refractivity contribution in [3.05, 3.63) is 29.8 Å². The Labute approximate surface area is 114 Å². The number of benzene rings is 1. The van der Waals surface area contributed by atoms with Crippen LogP contribution in [0.4, 0.5) is 0 Å². The van der Waals surface area contributed by atoms with Gasteiger partial charge in [0.05, 0.1) is 7.11 Å². The number of carbonyl (C=O) groups is 1. The van der Waals surface area contributed by atoms with Crippen molar-refractivity contribution in [1.82, 2.24) is 10.6 Å². The second kappa shape index (κ2) is 7.14. The number of amides is 1. The number of methoxy groups -OCH3 is 1. The van der Waals surface area contributed by atoms with Crippen LogP contribution in [0.25, 0.3) is 0 Å². The van der Waals surface area contributed by atoms with Crippen LogP contribution in [0.1, 0.15) is 24.8 Å². The predicted octanol–water partition coefficient (Wildman–Crippen LogP) is 1.70. The molecule has 1 aromatic carbocycles. The van der Waals surface area contributed by atoms with E-state index in [1.807, 2.05) is 24.3 Å². The summed E-state index contributed by atoms with van der Waals surface area (Å²) < 4.78 is 5.27. The smallest absolute Gasteiger partial charge is 0.220 e. The summed E-state index contributed by atoms with van der Waals surface area (Å²) in [5.41, 5.74) is 1.01. The van der Waals surface area contributed by atoms with Gasteiger partial charge in [-0.25, -0.2) is 0 Å². The molecule has 4 heteroatoms. The average Bonchev–Trinajstić information content (AvgIpc) is 2.46. The number of ether oxygens (including phenoxy) is 1. The van der Waals surface area contributed by atoms with Crippen LogP contribution < -0.4 is 15.4 Å². The second-order valence-electron chi connectivity index (χ2n) is 5.01. The van der Waals surface area contributed by atoms with Gasteiger partial charge in [0.2, 0.25) is 5.91 Å². The maximum absolute atomic E-state index is 11.9. The van der Waals surface area contributed by atoms with E-state index in [0.29, 0.717) is 18.9 Å². The lowest BCUT2D eigenvalue weighted by molar-refractivity contribution is -0.122. The summed E-state index contributed by atoms with van der Waals surface area (Å²) in [6.45, 7) is 2.57. The number of hydrogen-bond acceptors (Lipinski definition) is 3. The summed E-state index contributed by atoms with van der Waals surface area (Å²) in [4.78, 5) is 11.9. The standard InChI is InChI=1S/C15H22N2O2/c1-19-14-7-3-2-6-13(14)11-17-15(18)9-12-5-4-8-16-10-12/h2-3,6-7,12,16H,4-5,8-11H2,1H3,(H,17,18). The second-order valence-corrected chi connectivity index (χ2v) is 5.01. The van der Waals surface area contributed by atoms with Gasteiger partial charge in [-0.1, -0.05) is 18.2 Å². The van der Waals surface area contributed by atoms with E-state index in [1.54, 1.807) is 7.11 Å². The van der Waals surface area contributed by atoms with Gasteiger partial charge in [0.15, 0.2) is 0 Å². The number of nitrogens with one attached hydrogen (secondary N) is 2. The molecule has 1 atom stereocenters. The third-order valence-electron chi connectivity index (χ3n) is 3.54. The molecule has 2 N–H and O–H groups in total. The van der Waals surface area contributed by atoms with Crippen LogP contribution in [0.5, 0.6) is 5.75 Å². The number of carbonyl (C=O) groups excluding carboxylic acids is 1. The van der Waals surface area contributed by atoms with Crippen molar-refractivity contribution in [3.63, 3.8) is 0 Å². The highest BCUT2D eigenvalue weighted by atomic mass is 16.5. The Kier molecular flexibility index (Phi) is 5.21. The van der Waals surface area contributed by atoms with Gasteiger partial charge in [-0.2, -0.15) is 0 Å². The first-order chi connectivity index (χ1) is 9.29. The van der Waals surface area contributed by atoms with Crippen molar-refractivity contribution in [1.29, 1.82) is 0 Å². The molecular weight excluding hydrogens is 240 g/mol. The Morgan fingerprint density at radius 2 is 2.32 bits per heavy atom. The zero-order valence-corrected chi connectivity index (χ0v) is 11.4. The molecule has 0 spiro atoms. The van der Waals surface area contributed by atoms with Gasteiger partial charge in [0.1, 0.15) is 5.75 Å². The Morgan fingerprint density at radius 3 is 3.05 bits per heavy atom. The topological polar surface area (TPSA) is 50.4 Å². The summed E-state index contributed by atoms with van der Waals surface area (Å²) in [5, 5.41) is 6.31. The molecule has 2 rings (SSSR count). The highest BCUT2D eigenvalue weighted by molar-refractivity contribution is 5.76. The summed E-state index contributed by atoms with van der Waals surface area (Å²) in [6.07, 6.45) is 2.93. The third-order valence-corrected chi connectivity index (χ3v) is 3.54. The number of piperidine rings is 1. The first-order valence-electron chi connectivity index (χ1n) is 6.89. The van der Waals surface area contributed by atoms with Gasteiger partial charge < -0.3 is 15.4 Å². The molecule has 19 heavy (non-hydrogen) atoms. The molecule has 1 fully saturated rings. The van der Waals surface area contributed by atoms with E-state index in [4.69, 9.17) is 4.74 Å². The lowest BCUT2D eigenvalue weighted by atomic mass is 9.96. The molecule has 104 valence electrons. The zero-order chi connectivity index (χ0) is 13.5. The molecule has 0 radical (unpaired) electrons. The maximum Gasteiger partial charge on any atom is 0.220 e. The molecule has 1 saturated heterocycles. The minimum Gasteiger partial charge on any atom is -0.496 e. The van der Waals surface area contributed by atoms with Gasteiger partial charge in [-0.3, -0.25) is 4.79 Å². The summed E-state index contributed by atoms with van der Waals surface area (Å²) in [7, 11) is 1.65. The normalized spacial score (nSPS) is 18.9. The highest BCUT2D eigenvalue weighted by Gasteiger charge is 2.16. The number of para-hydroxylation sites is 1. The van der Waals surface area contributed by atoms with E-state index in [9.17, 15) is 4.79 Å². The molecule has 0 aliphatic carbocycles. The van der Waals surface area contributed by atoms with Gasteiger partial charge in [0, 0.05) is 18.5 Å². The molecule has 0 aromatic heterocycles. The van der Waals surface area contributed by atoms with Crippen molar-refractivity contribution < 1.29 is 9.53 Å². The Morgan fingerprint density at radius 1 is 1.47 bits per heavy atom. The summed E-state index contributed by atoms with van der Waals surface area (Å²) >= 11 is 0. The van der Waals surface area contributed by atoms with Gasteiger partial charge in [-0.05, 0) is 37.9 Å². The lowest BCUT2D eigenvalue weighted by Crippen LogP contribution is -2.34. The van der Waals surface area contributed by atoms with Crippen LogP contribution in [0, 0.1) is 5.92 Å². The maximum atomic E-state index is 11.9. The van der Waals surface area contributed by atoms with E-state index in [1.165, 1.54) is 6.42 Å². The molecular formula is C15H22N2O2. The van der Waals surface area contributed by atoms with Crippen LogP contribution in [0.2, 0.25) is 0 Å². The van der Waals surface area contributed by atoms with E-state index >= 15 is 0 Å². The molecule has 0 bridgehead atoms. The SMILES string of the molecule is COc1ccccc1CNC(=O)CC1CCCNC1. The molecule has 1 unspecified atom stereocenters. The summed E-state index contributed by atoms with van der Waals surface area (Å²) in [5.74, 6) is 1.42. The van der Waals surface area contributed by atoms with Gasteiger partial charge >= 0.3 is 0 Å².